The van der Waals surface area contributed by atoms with Crippen LogP contribution in [-0.2, 0) is 9.59 Å². The largest absolute Gasteiger partial charge is 0.489 e. The summed E-state index contributed by atoms with van der Waals surface area (Å²) in [6.45, 7) is 14.4. The summed E-state index contributed by atoms with van der Waals surface area (Å²) in [5.74, 6) is -1.01. The predicted molar refractivity (Wildman–Crippen MR) is 223 cm³/mol. The van der Waals surface area contributed by atoms with Gasteiger partial charge in [-0.3, -0.25) is 39.1 Å². The Morgan fingerprint density at radius 2 is 1.55 bits per heavy atom. The van der Waals surface area contributed by atoms with Crippen molar-refractivity contribution < 1.29 is 28.7 Å². The van der Waals surface area contributed by atoms with Crippen LogP contribution in [0.2, 0.25) is 5.02 Å². The SMILES string of the molecule is CC1(C)[C@H](NC(=O)c2ncc(N3CCC(CCN4CCN(c5ccc6c(c5)C(=O)N(C5CCC(=O)NC5=O)C6=O)CC4)CC3)cn2)C(C)(C)[C@H]1Oc1ccc(C#N)c(Cl)c1. The minimum absolute atomic E-state index is 0.0882. The number of carbonyl (C=O) groups is 5. The molecule has 2 aromatic carbocycles. The van der Waals surface area contributed by atoms with E-state index >= 15 is 0 Å². The van der Waals surface area contributed by atoms with Gasteiger partial charge in [-0.15, -0.1) is 0 Å². The number of aromatic nitrogens is 2. The van der Waals surface area contributed by atoms with Gasteiger partial charge in [0.2, 0.25) is 17.6 Å². The molecule has 1 atom stereocenters. The molecule has 1 saturated carbocycles. The quantitative estimate of drug-likeness (QED) is 0.275. The number of anilines is 2. The topological polar surface area (TPSA) is 181 Å². The number of amides is 5. The van der Waals surface area contributed by atoms with Crippen molar-refractivity contribution in [2.45, 2.75) is 78.0 Å². The highest BCUT2D eigenvalue weighted by Crippen LogP contribution is 2.55. The number of rotatable bonds is 10. The van der Waals surface area contributed by atoms with E-state index in [4.69, 9.17) is 16.3 Å². The Kier molecular flexibility index (Phi) is 11.1. The first-order valence-corrected chi connectivity index (χ1v) is 21.1. The average Bonchev–Trinajstić information content (AvgIpc) is 3.49. The van der Waals surface area contributed by atoms with Gasteiger partial charge in [0, 0.05) is 74.3 Å². The number of halogens is 1. The summed E-state index contributed by atoms with van der Waals surface area (Å²) in [5, 5.41) is 14.9. The fraction of sp³-hybridized carbons (Fsp3) is 0.500. The number of fused-ring (bicyclic) bond motifs is 1. The van der Waals surface area contributed by atoms with Gasteiger partial charge in [0.25, 0.3) is 17.7 Å². The van der Waals surface area contributed by atoms with Gasteiger partial charge < -0.3 is 19.9 Å². The second-order valence-electron chi connectivity index (χ2n) is 17.8. The zero-order chi connectivity index (χ0) is 42.5. The van der Waals surface area contributed by atoms with Gasteiger partial charge in [-0.05, 0) is 68.5 Å². The molecule has 0 bridgehead atoms. The monoisotopic (exact) mass is 835 g/mol. The summed E-state index contributed by atoms with van der Waals surface area (Å²) in [6.07, 6.45) is 6.71. The molecule has 15 nitrogen and oxygen atoms in total. The molecule has 5 amide bonds. The number of nitrogens with one attached hydrogen (secondary N) is 2. The molecule has 314 valence electrons. The molecule has 3 saturated heterocycles. The summed E-state index contributed by atoms with van der Waals surface area (Å²) in [6, 6.07) is 11.2. The molecule has 60 heavy (non-hydrogen) atoms. The van der Waals surface area contributed by atoms with Gasteiger partial charge >= 0.3 is 0 Å². The molecule has 4 fully saturated rings. The maximum Gasteiger partial charge on any atom is 0.289 e. The van der Waals surface area contributed by atoms with Crippen LogP contribution < -0.4 is 25.2 Å². The number of nitriles is 1. The highest BCUT2D eigenvalue weighted by Gasteiger charge is 2.64. The third-order valence-corrected chi connectivity index (χ3v) is 13.6. The van der Waals surface area contributed by atoms with E-state index in [1.807, 2.05) is 6.07 Å². The average molecular weight is 836 g/mol. The van der Waals surface area contributed by atoms with Gasteiger partial charge in [0.05, 0.1) is 39.8 Å². The van der Waals surface area contributed by atoms with Crippen molar-refractivity contribution in [3.63, 3.8) is 0 Å². The van der Waals surface area contributed by atoms with Crippen LogP contribution in [-0.4, -0.2) is 113 Å². The van der Waals surface area contributed by atoms with Crippen molar-refractivity contribution in [3.05, 3.63) is 76.3 Å². The number of benzene rings is 2. The number of piperazine rings is 1. The van der Waals surface area contributed by atoms with Crippen molar-refractivity contribution in [1.82, 2.24) is 30.4 Å². The van der Waals surface area contributed by atoms with Crippen LogP contribution in [0, 0.1) is 28.1 Å². The maximum atomic E-state index is 13.4. The summed E-state index contributed by atoms with van der Waals surface area (Å²) in [7, 11) is 0. The van der Waals surface area contributed by atoms with E-state index in [0.717, 1.165) is 81.4 Å². The second kappa shape index (κ2) is 16.1. The minimum atomic E-state index is -0.977. The fourth-order valence-corrected chi connectivity index (χ4v) is 10.3. The number of carbonyl (C=O) groups excluding carboxylic acids is 5. The minimum Gasteiger partial charge on any atom is -0.489 e. The number of nitrogens with zero attached hydrogens (tertiary/aromatic N) is 7. The van der Waals surface area contributed by atoms with Gasteiger partial charge in [-0.25, -0.2) is 9.97 Å². The molecule has 5 aliphatic rings. The highest BCUT2D eigenvalue weighted by molar-refractivity contribution is 6.31. The molecular weight excluding hydrogens is 786 g/mol. The number of hydrogen-bond acceptors (Lipinski definition) is 12. The first kappa shape index (κ1) is 41.2. The predicted octanol–water partition coefficient (Wildman–Crippen LogP) is 4.44. The molecule has 0 spiro atoms. The molecule has 1 unspecified atom stereocenters. The summed E-state index contributed by atoms with van der Waals surface area (Å²) in [5.41, 5.74) is 1.95. The van der Waals surface area contributed by atoms with Crippen LogP contribution in [0.25, 0.3) is 0 Å². The van der Waals surface area contributed by atoms with Crippen LogP contribution in [0.5, 0.6) is 5.75 Å². The van der Waals surface area contributed by atoms with Crippen molar-refractivity contribution in [3.8, 4) is 11.8 Å². The van der Waals surface area contributed by atoms with Gasteiger partial charge in [-0.2, -0.15) is 5.26 Å². The zero-order valence-electron chi connectivity index (χ0n) is 34.4. The lowest BCUT2D eigenvalue weighted by Crippen LogP contribution is -2.74. The molecule has 1 aliphatic carbocycles. The molecule has 4 aliphatic heterocycles. The van der Waals surface area contributed by atoms with Crippen molar-refractivity contribution in [2.75, 3.05) is 55.6 Å². The van der Waals surface area contributed by atoms with Crippen LogP contribution >= 0.6 is 11.6 Å². The molecule has 8 rings (SSSR count). The Balaban J connectivity index is 0.769. The summed E-state index contributed by atoms with van der Waals surface area (Å²) in [4.78, 5) is 80.8. The first-order chi connectivity index (χ1) is 28.6. The summed E-state index contributed by atoms with van der Waals surface area (Å²) >= 11 is 6.24. The number of ether oxygens (including phenoxy) is 1. The first-order valence-electron chi connectivity index (χ1n) is 20.7. The van der Waals surface area contributed by atoms with Crippen molar-refractivity contribution >= 4 is 52.5 Å². The standard InChI is InChI=1S/C44H50ClN9O6/c1-43(2)41(44(3,4)42(43)60-30-7-5-27(23-46)33(45)22-30)50-38(57)36-47-24-29(25-48-36)52-15-12-26(13-16-52)11-14-51-17-19-53(20-18-51)28-6-8-31-32(21-28)40(59)54(39(31)58)34-9-10-35(55)49-37(34)56/h5-8,21-22,24-26,34,41-42H,9-20H2,1-4H3,(H,50,57)(H,49,55,56)/t34?,41-,42-. The zero-order valence-corrected chi connectivity index (χ0v) is 35.1. The van der Waals surface area contributed by atoms with Gasteiger partial charge in [0.1, 0.15) is 24.0 Å². The Bertz CT molecular complexity index is 2240. The molecule has 16 heteroatoms. The lowest BCUT2D eigenvalue weighted by molar-refractivity contribution is -0.164. The Morgan fingerprint density at radius 1 is 0.883 bits per heavy atom. The Labute approximate surface area is 354 Å². The highest BCUT2D eigenvalue weighted by atomic mass is 35.5. The van der Waals surface area contributed by atoms with Crippen LogP contribution in [0.1, 0.15) is 96.7 Å². The molecule has 3 aromatic rings. The second-order valence-corrected chi connectivity index (χ2v) is 18.2. The number of hydrogen-bond donors (Lipinski definition) is 2. The van der Waals surface area contributed by atoms with Crippen LogP contribution in [0.3, 0.4) is 0 Å². The number of imide groups is 2. The normalized spacial score (nSPS) is 24.1. The lowest BCUT2D eigenvalue weighted by atomic mass is 9.49. The summed E-state index contributed by atoms with van der Waals surface area (Å²) < 4.78 is 6.35. The maximum absolute atomic E-state index is 13.4. The smallest absolute Gasteiger partial charge is 0.289 e. The van der Waals surface area contributed by atoms with E-state index in [9.17, 15) is 29.2 Å². The van der Waals surface area contributed by atoms with Crippen molar-refractivity contribution in [2.24, 2.45) is 16.7 Å². The number of piperidine rings is 2. The van der Waals surface area contributed by atoms with Crippen molar-refractivity contribution in [1.29, 1.82) is 5.26 Å². The lowest BCUT2D eigenvalue weighted by Gasteiger charge is -2.63. The van der Waals surface area contributed by atoms with Crippen LogP contribution in [0.4, 0.5) is 11.4 Å². The Hall–Kier alpha value is -5.59. The molecule has 0 radical (unpaired) electrons. The van der Waals surface area contributed by atoms with E-state index in [1.54, 1.807) is 42.7 Å². The third-order valence-electron chi connectivity index (χ3n) is 13.3. The molecule has 1 aromatic heterocycles. The Morgan fingerprint density at radius 3 is 2.20 bits per heavy atom. The fourth-order valence-electron chi connectivity index (χ4n) is 10.1. The van der Waals surface area contributed by atoms with E-state index in [-0.39, 0.29) is 36.7 Å². The van der Waals surface area contributed by atoms with E-state index in [2.05, 4.69) is 69.1 Å². The van der Waals surface area contributed by atoms with E-state index in [1.165, 1.54) is 0 Å². The van der Waals surface area contributed by atoms with Crippen LogP contribution in [0.15, 0.2) is 48.8 Å². The van der Waals surface area contributed by atoms with E-state index < -0.39 is 40.5 Å². The molecular formula is C44H50ClN9O6. The molecule has 2 N–H and O–H groups in total. The van der Waals surface area contributed by atoms with E-state index in [0.29, 0.717) is 33.4 Å². The van der Waals surface area contributed by atoms with Gasteiger partial charge in [0.15, 0.2) is 0 Å². The molecule has 5 heterocycles. The third kappa shape index (κ3) is 7.67. The van der Waals surface area contributed by atoms with Gasteiger partial charge in [-0.1, -0.05) is 39.3 Å².